The van der Waals surface area contributed by atoms with Crippen LogP contribution in [0, 0.1) is 0 Å². The lowest BCUT2D eigenvalue weighted by Crippen LogP contribution is -2.42. The zero-order valence-electron chi connectivity index (χ0n) is 29.4. The lowest BCUT2D eigenvalue weighted by Gasteiger charge is -2.32. The van der Waals surface area contributed by atoms with Crippen molar-refractivity contribution in [2.45, 2.75) is 44.2 Å². The number of carbonyl (C=O) groups excluding carboxylic acids is 2. The summed E-state index contributed by atoms with van der Waals surface area (Å²) in [7, 11) is 0. The molecular weight excluding hydrogens is 691 g/mol. The van der Waals surface area contributed by atoms with Gasteiger partial charge in [0.2, 0.25) is 0 Å². The van der Waals surface area contributed by atoms with E-state index in [2.05, 4.69) is 61.8 Å². The van der Waals surface area contributed by atoms with Gasteiger partial charge in [0.25, 0.3) is 11.8 Å². The number of β-amino-alcohol motifs (C(OH)–C–C–N with tert-alkyl or cyclic N) is 2. The Labute approximate surface area is 312 Å². The standard InChI is InChI=1S/C41H43N5O6S/c47-33(22-45-13-11-26-3-1-2-4-31(26)20-45)18-42-40(49)29-8-10-36-37(16-29)52-38(24-51-36)28-6-5-27-12-14-46(21-32(27)15-28)23-34(48)19-43-41(50)30-7-9-35-39(17-30)53-25-44-35/h1-10,15-17,25,33-34,38,47-48H,11-14,18-24H2,(H,42,49)(H,43,50)/t33-,34-,38?/m0/s1. The normalized spacial score (nSPS) is 18.1. The number of hydrogen-bond acceptors (Lipinski definition) is 10. The number of thiazole rings is 1. The van der Waals surface area contributed by atoms with Crippen LogP contribution in [-0.2, 0) is 25.9 Å². The molecule has 1 unspecified atom stereocenters. The van der Waals surface area contributed by atoms with Gasteiger partial charge in [0, 0.05) is 63.5 Å². The zero-order chi connectivity index (χ0) is 36.3. The Kier molecular flexibility index (Phi) is 10.4. The summed E-state index contributed by atoms with van der Waals surface area (Å²) in [5.74, 6) is 0.580. The maximum atomic E-state index is 13.1. The molecule has 12 heteroatoms. The van der Waals surface area contributed by atoms with Crippen molar-refractivity contribution in [1.29, 1.82) is 0 Å². The number of amides is 2. The third-order valence-corrected chi connectivity index (χ3v) is 11.1. The van der Waals surface area contributed by atoms with Gasteiger partial charge in [0.05, 0.1) is 27.9 Å². The Morgan fingerprint density at radius 2 is 1.43 bits per heavy atom. The van der Waals surface area contributed by atoms with Gasteiger partial charge in [-0.15, -0.1) is 11.3 Å². The zero-order valence-corrected chi connectivity index (χ0v) is 30.2. The van der Waals surface area contributed by atoms with Gasteiger partial charge in [-0.2, -0.15) is 0 Å². The molecule has 3 aliphatic rings. The number of ether oxygens (including phenoxy) is 2. The Balaban J connectivity index is 0.827. The molecule has 0 fully saturated rings. The van der Waals surface area contributed by atoms with E-state index < -0.39 is 12.2 Å². The van der Waals surface area contributed by atoms with Crippen LogP contribution < -0.4 is 20.1 Å². The molecule has 4 aromatic carbocycles. The van der Waals surface area contributed by atoms with Crippen molar-refractivity contribution in [1.82, 2.24) is 25.4 Å². The van der Waals surface area contributed by atoms with E-state index in [9.17, 15) is 19.8 Å². The molecule has 0 radical (unpaired) electrons. The molecule has 53 heavy (non-hydrogen) atoms. The number of aromatic nitrogens is 1. The summed E-state index contributed by atoms with van der Waals surface area (Å²) in [4.78, 5) is 34.5. The molecule has 0 spiro atoms. The van der Waals surface area contributed by atoms with Crippen LogP contribution >= 0.6 is 11.3 Å². The Bertz CT molecular complexity index is 2120. The molecule has 1 aromatic heterocycles. The Hall–Kier alpha value is -4.85. The van der Waals surface area contributed by atoms with Crippen molar-refractivity contribution in [3.63, 3.8) is 0 Å². The monoisotopic (exact) mass is 733 g/mol. The molecule has 8 rings (SSSR count). The maximum absolute atomic E-state index is 13.1. The number of hydrogen-bond donors (Lipinski definition) is 4. The highest BCUT2D eigenvalue weighted by molar-refractivity contribution is 7.16. The molecule has 0 saturated heterocycles. The maximum Gasteiger partial charge on any atom is 0.251 e. The summed E-state index contributed by atoms with van der Waals surface area (Å²) in [5.41, 5.74) is 9.66. The van der Waals surface area contributed by atoms with E-state index >= 15 is 0 Å². The van der Waals surface area contributed by atoms with Crippen LogP contribution in [0.15, 0.2) is 84.4 Å². The average molecular weight is 734 g/mol. The first-order valence-electron chi connectivity index (χ1n) is 18.2. The molecule has 0 saturated carbocycles. The van der Waals surface area contributed by atoms with Crippen molar-refractivity contribution in [3.05, 3.63) is 123 Å². The van der Waals surface area contributed by atoms with Crippen LogP contribution in [-0.4, -0.2) is 94.9 Å². The summed E-state index contributed by atoms with van der Waals surface area (Å²) >= 11 is 1.49. The van der Waals surface area contributed by atoms with Crippen molar-refractivity contribution >= 4 is 33.4 Å². The van der Waals surface area contributed by atoms with Crippen LogP contribution in [0.2, 0.25) is 0 Å². The van der Waals surface area contributed by atoms with E-state index in [0.717, 1.165) is 53.8 Å². The Morgan fingerprint density at radius 3 is 2.19 bits per heavy atom. The molecule has 274 valence electrons. The Morgan fingerprint density at radius 1 is 0.774 bits per heavy atom. The predicted molar refractivity (Wildman–Crippen MR) is 202 cm³/mol. The first kappa shape index (κ1) is 35.2. The summed E-state index contributed by atoms with van der Waals surface area (Å²) in [6.07, 6.45) is 0.0450. The summed E-state index contributed by atoms with van der Waals surface area (Å²) in [5, 5.41) is 27.3. The van der Waals surface area contributed by atoms with Crippen LogP contribution in [0.25, 0.3) is 10.2 Å². The highest BCUT2D eigenvalue weighted by Gasteiger charge is 2.27. The van der Waals surface area contributed by atoms with E-state index in [1.807, 2.05) is 18.2 Å². The summed E-state index contributed by atoms with van der Waals surface area (Å²) in [6, 6.07) is 25.3. The first-order valence-corrected chi connectivity index (χ1v) is 19.0. The fourth-order valence-corrected chi connectivity index (χ4v) is 8.14. The number of nitrogens with one attached hydrogen (secondary N) is 2. The van der Waals surface area contributed by atoms with Gasteiger partial charge < -0.3 is 30.3 Å². The van der Waals surface area contributed by atoms with Crippen molar-refractivity contribution < 1.29 is 29.3 Å². The van der Waals surface area contributed by atoms with E-state index in [-0.39, 0.29) is 31.0 Å². The van der Waals surface area contributed by atoms with Gasteiger partial charge in [0.1, 0.15) is 6.61 Å². The molecule has 4 N–H and O–H groups in total. The van der Waals surface area contributed by atoms with E-state index in [0.29, 0.717) is 48.9 Å². The lowest BCUT2D eigenvalue weighted by atomic mass is 9.95. The van der Waals surface area contributed by atoms with Crippen LogP contribution in [0.4, 0.5) is 0 Å². The number of fused-ring (bicyclic) bond motifs is 4. The average Bonchev–Trinajstić information content (AvgIpc) is 3.66. The fourth-order valence-electron chi connectivity index (χ4n) is 7.43. The van der Waals surface area contributed by atoms with Gasteiger partial charge in [-0.05, 0) is 77.1 Å². The second-order valence-corrected chi connectivity index (χ2v) is 15.0. The number of aliphatic hydroxyl groups excluding tert-OH is 2. The van der Waals surface area contributed by atoms with Crippen LogP contribution in [0.3, 0.4) is 0 Å². The number of carbonyl (C=O) groups is 2. The van der Waals surface area contributed by atoms with Crippen LogP contribution in [0.1, 0.15) is 54.6 Å². The minimum atomic E-state index is -0.718. The van der Waals surface area contributed by atoms with Gasteiger partial charge in [-0.1, -0.05) is 42.5 Å². The number of aliphatic hydroxyl groups is 2. The van der Waals surface area contributed by atoms with Crippen LogP contribution in [0.5, 0.6) is 11.5 Å². The minimum Gasteiger partial charge on any atom is -0.485 e. The smallest absolute Gasteiger partial charge is 0.251 e. The predicted octanol–water partition coefficient (Wildman–Crippen LogP) is 4.11. The highest BCUT2D eigenvalue weighted by atomic mass is 32.1. The molecule has 3 atom stereocenters. The number of rotatable bonds is 11. The molecule has 11 nitrogen and oxygen atoms in total. The molecular formula is C41H43N5O6S. The second-order valence-electron chi connectivity index (χ2n) is 14.1. The van der Waals surface area contributed by atoms with Crippen molar-refractivity contribution in [2.24, 2.45) is 0 Å². The lowest BCUT2D eigenvalue weighted by molar-refractivity contribution is 0.0828. The van der Waals surface area contributed by atoms with E-state index in [1.54, 1.807) is 29.8 Å². The van der Waals surface area contributed by atoms with Gasteiger partial charge in [-0.3, -0.25) is 19.4 Å². The molecule has 2 amide bonds. The topological polar surface area (TPSA) is 136 Å². The molecule has 5 aromatic rings. The molecule has 0 aliphatic carbocycles. The molecule has 3 aliphatic heterocycles. The third kappa shape index (κ3) is 8.22. The van der Waals surface area contributed by atoms with Gasteiger partial charge in [0.15, 0.2) is 17.6 Å². The first-order chi connectivity index (χ1) is 25.8. The quantitative estimate of drug-likeness (QED) is 0.158. The molecule has 0 bridgehead atoms. The van der Waals surface area contributed by atoms with Gasteiger partial charge >= 0.3 is 0 Å². The third-order valence-electron chi connectivity index (χ3n) is 10.3. The number of benzene rings is 4. The van der Waals surface area contributed by atoms with Crippen molar-refractivity contribution in [3.8, 4) is 11.5 Å². The SMILES string of the molecule is O=C(NC[C@H](O)CN1CCc2ccccc2C1)c1ccc2c(c1)OC(c1ccc3c(c1)CN(C[C@@H](O)CNC(=O)c1ccc4ncsc4c1)CC3)CO2. The van der Waals surface area contributed by atoms with Crippen molar-refractivity contribution in [2.75, 3.05) is 45.9 Å². The van der Waals surface area contributed by atoms with Gasteiger partial charge in [-0.25, -0.2) is 4.98 Å². The molecule has 4 heterocycles. The van der Waals surface area contributed by atoms with E-state index in [1.165, 1.54) is 28.0 Å². The fraction of sp³-hybridized carbons (Fsp3) is 0.341. The summed E-state index contributed by atoms with van der Waals surface area (Å²) in [6.45, 7) is 4.72. The largest absolute Gasteiger partial charge is 0.485 e. The highest BCUT2D eigenvalue weighted by Crippen LogP contribution is 2.38. The van der Waals surface area contributed by atoms with E-state index in [4.69, 9.17) is 9.47 Å². The minimum absolute atomic E-state index is 0.149. The number of nitrogens with zero attached hydrogens (tertiary/aromatic N) is 3. The summed E-state index contributed by atoms with van der Waals surface area (Å²) < 4.78 is 13.4. The second kappa shape index (κ2) is 15.6.